The van der Waals surface area contributed by atoms with Gasteiger partial charge in [-0.1, -0.05) is 62.4 Å². The van der Waals surface area contributed by atoms with Gasteiger partial charge in [0.15, 0.2) is 11.4 Å². The summed E-state index contributed by atoms with van der Waals surface area (Å²) < 4.78 is 29.8. The molecule has 4 aliphatic rings. The zero-order valence-corrected chi connectivity index (χ0v) is 31.9. The highest BCUT2D eigenvalue weighted by atomic mass is 16.6. The summed E-state index contributed by atoms with van der Waals surface area (Å²) in [4.78, 5) is 68.4. The summed E-state index contributed by atoms with van der Waals surface area (Å²) in [6.07, 6.45) is -9.70. The van der Waals surface area contributed by atoms with Crippen molar-refractivity contribution in [3.05, 3.63) is 82.9 Å². The normalized spacial score (nSPS) is 34.6. The quantitative estimate of drug-likeness (QED) is 0.165. The van der Waals surface area contributed by atoms with E-state index in [4.69, 9.17) is 23.7 Å². The average molecular weight is 764 g/mol. The minimum atomic E-state index is -2.30. The summed E-state index contributed by atoms with van der Waals surface area (Å²) in [6.45, 7) is 8.17. The van der Waals surface area contributed by atoms with Crippen LogP contribution in [0, 0.1) is 16.7 Å². The Morgan fingerprint density at radius 1 is 0.927 bits per heavy atom. The molecule has 2 aromatic carbocycles. The van der Waals surface area contributed by atoms with E-state index in [1.54, 1.807) is 76.3 Å². The highest BCUT2D eigenvalue weighted by molar-refractivity contribution is 5.94. The van der Waals surface area contributed by atoms with Gasteiger partial charge in [0.05, 0.1) is 35.6 Å². The number of carbonyl (C=O) groups excluding carboxylic acids is 5. The average Bonchev–Trinajstić information content (AvgIpc) is 3.13. The summed E-state index contributed by atoms with van der Waals surface area (Å²) in [6, 6.07) is 15.8. The number of Topliss-reactive ketones (excluding diaryl/α,β-unsaturated/α-hetero) is 1. The van der Waals surface area contributed by atoms with Crippen molar-refractivity contribution in [2.24, 2.45) is 16.7 Å². The number of carbonyl (C=O) groups is 5. The van der Waals surface area contributed by atoms with E-state index >= 15 is 0 Å². The maximum atomic E-state index is 14.9. The van der Waals surface area contributed by atoms with E-state index in [2.05, 4.69) is 5.32 Å². The van der Waals surface area contributed by atoms with Crippen molar-refractivity contribution in [3.63, 3.8) is 0 Å². The Labute approximate surface area is 319 Å². The lowest BCUT2D eigenvalue weighted by Crippen LogP contribution is -2.81. The number of benzene rings is 2. The third-order valence-corrected chi connectivity index (χ3v) is 12.5. The number of ether oxygens (including phenoxy) is 5. The summed E-state index contributed by atoms with van der Waals surface area (Å²) in [5.41, 5.74) is -6.64. The van der Waals surface area contributed by atoms with Crippen molar-refractivity contribution in [3.8, 4) is 0 Å². The highest BCUT2D eigenvalue weighted by Gasteiger charge is 2.78. The number of hydrogen-bond acceptors (Lipinski definition) is 14. The molecule has 1 heterocycles. The molecule has 14 heteroatoms. The van der Waals surface area contributed by atoms with Crippen molar-refractivity contribution >= 4 is 29.7 Å². The van der Waals surface area contributed by atoms with Gasteiger partial charge in [-0.15, -0.1) is 0 Å². The van der Waals surface area contributed by atoms with Gasteiger partial charge >= 0.3 is 23.9 Å². The van der Waals surface area contributed by atoms with E-state index in [1.165, 1.54) is 26.0 Å². The number of ketones is 1. The zero-order valence-electron chi connectivity index (χ0n) is 31.9. The molecule has 3 aliphatic carbocycles. The molecule has 1 unspecified atom stereocenters. The van der Waals surface area contributed by atoms with Gasteiger partial charge in [-0.05, 0) is 49.7 Å². The first-order valence-electron chi connectivity index (χ1n) is 18.4. The lowest BCUT2D eigenvalue weighted by Gasteiger charge is -2.67. The predicted octanol–water partition coefficient (Wildman–Crippen LogP) is 2.53. The van der Waals surface area contributed by atoms with Gasteiger partial charge in [-0.3, -0.25) is 14.4 Å². The van der Waals surface area contributed by atoms with Crippen LogP contribution in [0.3, 0.4) is 0 Å². The zero-order chi connectivity index (χ0) is 40.2. The molecule has 55 heavy (non-hydrogen) atoms. The minimum absolute atomic E-state index is 0.0116. The van der Waals surface area contributed by atoms with E-state index < -0.39 is 107 Å². The van der Waals surface area contributed by atoms with Gasteiger partial charge in [-0.2, -0.15) is 0 Å². The molecule has 1 aliphatic heterocycles. The molecule has 6 rings (SSSR count). The fourth-order valence-corrected chi connectivity index (χ4v) is 9.57. The minimum Gasteiger partial charge on any atom is -0.455 e. The summed E-state index contributed by atoms with van der Waals surface area (Å²) in [5, 5.41) is 40.4. The van der Waals surface area contributed by atoms with Crippen LogP contribution in [0.1, 0.15) is 76.3 Å². The van der Waals surface area contributed by atoms with Gasteiger partial charge in [0.2, 0.25) is 6.10 Å². The van der Waals surface area contributed by atoms with Crippen LogP contribution in [0.5, 0.6) is 0 Å². The number of nitrogens with one attached hydrogen (secondary N) is 1. The molecule has 2 saturated carbocycles. The van der Waals surface area contributed by atoms with E-state index in [9.17, 15) is 39.3 Å². The molecule has 3 fully saturated rings. The summed E-state index contributed by atoms with van der Waals surface area (Å²) >= 11 is 0. The molecule has 0 aromatic heterocycles. The van der Waals surface area contributed by atoms with E-state index in [0.717, 1.165) is 6.92 Å². The highest BCUT2D eigenvalue weighted by Crippen LogP contribution is 2.64. The fraction of sp³-hybridized carbons (Fsp3) is 0.537. The largest absolute Gasteiger partial charge is 0.455 e. The van der Waals surface area contributed by atoms with E-state index in [1.807, 2.05) is 0 Å². The first-order chi connectivity index (χ1) is 25.8. The number of aliphatic hydroxyl groups is 3. The third kappa shape index (κ3) is 6.37. The lowest BCUT2D eigenvalue weighted by atomic mass is 9.44. The SMILES string of the molecule is CN[C@@H](c1ccccc1)C(OC(C)=O)C(=O)O[C@H]1C[C@@]2(O)[C@@H](OC(=O)c3ccccc3)[C@@H]3[C@]4(OC(C)=O)CO[C@@H]4C[C@H](O)[C@@]3(C)C(=O)[C@H](O)C(=C1C)C2(C)C. The number of rotatable bonds is 9. The van der Waals surface area contributed by atoms with E-state index in [-0.39, 0.29) is 29.7 Å². The van der Waals surface area contributed by atoms with Gasteiger partial charge < -0.3 is 44.3 Å². The first-order valence-corrected chi connectivity index (χ1v) is 18.4. The number of hydrogen-bond donors (Lipinski definition) is 4. The molecule has 4 N–H and O–H groups in total. The fourth-order valence-electron chi connectivity index (χ4n) is 9.57. The molecule has 11 atom stereocenters. The van der Waals surface area contributed by atoms with Crippen LogP contribution in [0.2, 0.25) is 0 Å². The Hall–Kier alpha value is -4.47. The summed E-state index contributed by atoms with van der Waals surface area (Å²) in [7, 11) is 1.58. The molecule has 296 valence electrons. The monoisotopic (exact) mass is 763 g/mol. The Morgan fingerprint density at radius 3 is 2.09 bits per heavy atom. The molecular formula is C41H49NO13. The van der Waals surface area contributed by atoms with Crippen LogP contribution < -0.4 is 5.32 Å². The molecule has 2 aromatic rings. The molecule has 2 bridgehead atoms. The standard InChI is InChI=1S/C41H49NO13/c1-21-26(53-37(49)32(52-22(2)43)30(42-7)24-14-10-8-11-15-24)19-41(50)35(54-36(48)25-16-12-9-13-17-25)33-39(6,34(47)31(46)29(21)38(41,4)5)27(45)18-28-40(33,20-51-28)55-23(3)44/h8-17,26-28,30-33,35,42,45-46,50H,18-20H2,1-7H3/t26-,27-,28+,30-,31+,32?,33-,35-,39+,40-,41+/m0/s1. The Morgan fingerprint density at radius 2 is 1.55 bits per heavy atom. The van der Waals surface area contributed by atoms with Crippen molar-refractivity contribution in [1.29, 1.82) is 0 Å². The topological polar surface area (TPSA) is 204 Å². The van der Waals surface area contributed by atoms with Crippen LogP contribution >= 0.6 is 0 Å². The van der Waals surface area contributed by atoms with Crippen LogP contribution in [0.15, 0.2) is 71.8 Å². The first kappa shape index (κ1) is 40.2. The lowest BCUT2D eigenvalue weighted by molar-refractivity contribution is -0.346. The van der Waals surface area contributed by atoms with Gasteiger partial charge in [-0.25, -0.2) is 9.59 Å². The molecular weight excluding hydrogens is 714 g/mol. The molecule has 0 spiro atoms. The number of fused-ring (bicyclic) bond motifs is 5. The number of esters is 4. The van der Waals surface area contributed by atoms with Gasteiger partial charge in [0.1, 0.15) is 30.0 Å². The smallest absolute Gasteiger partial charge is 0.350 e. The number of likely N-dealkylation sites (N-methyl/N-ethyl adjacent to an activating group) is 1. The second-order valence-electron chi connectivity index (χ2n) is 15.8. The van der Waals surface area contributed by atoms with Crippen molar-refractivity contribution < 1.29 is 63.0 Å². The number of aliphatic hydroxyl groups excluding tert-OH is 2. The van der Waals surface area contributed by atoms with Crippen molar-refractivity contribution in [2.45, 2.75) is 108 Å². The summed E-state index contributed by atoms with van der Waals surface area (Å²) in [5.74, 6) is -5.77. The second-order valence-corrected chi connectivity index (χ2v) is 15.8. The van der Waals surface area contributed by atoms with Gasteiger partial charge in [0.25, 0.3) is 0 Å². The van der Waals surface area contributed by atoms with Crippen LogP contribution in [0.25, 0.3) is 0 Å². The van der Waals surface area contributed by atoms with Crippen LogP contribution in [-0.4, -0.2) is 106 Å². The van der Waals surface area contributed by atoms with Crippen molar-refractivity contribution in [2.75, 3.05) is 13.7 Å². The Kier molecular flexibility index (Phi) is 10.6. The van der Waals surface area contributed by atoms with Crippen molar-refractivity contribution in [1.82, 2.24) is 5.32 Å². The van der Waals surface area contributed by atoms with Crippen LogP contribution in [0.4, 0.5) is 0 Å². The maximum Gasteiger partial charge on any atom is 0.350 e. The maximum absolute atomic E-state index is 14.9. The predicted molar refractivity (Wildman–Crippen MR) is 193 cm³/mol. The molecule has 0 amide bonds. The molecule has 0 radical (unpaired) electrons. The Balaban J connectivity index is 1.54. The third-order valence-electron chi connectivity index (χ3n) is 12.5. The molecule has 14 nitrogen and oxygen atoms in total. The second kappa shape index (κ2) is 14.6. The molecule has 1 saturated heterocycles. The van der Waals surface area contributed by atoms with E-state index in [0.29, 0.717) is 5.56 Å². The van der Waals surface area contributed by atoms with Crippen LogP contribution in [-0.2, 0) is 42.9 Å². The van der Waals surface area contributed by atoms with Gasteiger partial charge in [0, 0.05) is 32.1 Å². The Bertz CT molecular complexity index is 1880.